The van der Waals surface area contributed by atoms with Crippen LogP contribution in [-0.4, -0.2) is 33.6 Å². The molecule has 5 heteroatoms. The minimum Gasteiger partial charge on any atom is -0.365 e. The van der Waals surface area contributed by atoms with Crippen LogP contribution in [0.2, 0.25) is 0 Å². The van der Waals surface area contributed by atoms with Crippen LogP contribution in [0.5, 0.6) is 0 Å². The molecule has 4 nitrogen and oxygen atoms in total. The average molecular weight is 329 g/mol. The highest BCUT2D eigenvalue weighted by Gasteiger charge is 2.46. The summed E-state index contributed by atoms with van der Waals surface area (Å²) in [6, 6.07) is 10.2. The molecule has 1 saturated carbocycles. The van der Waals surface area contributed by atoms with E-state index in [-0.39, 0.29) is 11.2 Å². The predicted octanol–water partition coefficient (Wildman–Crippen LogP) is 4.13. The van der Waals surface area contributed by atoms with Crippen molar-refractivity contribution < 1.29 is 4.74 Å². The van der Waals surface area contributed by atoms with Crippen LogP contribution >= 0.6 is 11.5 Å². The maximum atomic E-state index is 6.48. The number of rotatable bonds is 2. The Bertz CT molecular complexity index is 677. The van der Waals surface area contributed by atoms with Crippen LogP contribution in [0.25, 0.3) is 11.4 Å². The number of aromatic nitrogens is 2. The minimum atomic E-state index is -0.138. The van der Waals surface area contributed by atoms with Crippen molar-refractivity contribution >= 4 is 16.7 Å². The molecule has 2 aliphatic rings. The molecule has 122 valence electrons. The van der Waals surface area contributed by atoms with E-state index >= 15 is 0 Å². The van der Waals surface area contributed by atoms with Crippen LogP contribution < -0.4 is 4.90 Å². The molecule has 0 atom stereocenters. The Labute approximate surface area is 141 Å². The number of nitrogens with zero attached hydrogens (tertiary/aromatic N) is 3. The van der Waals surface area contributed by atoms with Crippen molar-refractivity contribution in [2.75, 3.05) is 18.0 Å². The molecule has 0 unspecified atom stereocenters. The van der Waals surface area contributed by atoms with Gasteiger partial charge in [0.2, 0.25) is 5.13 Å². The summed E-state index contributed by atoms with van der Waals surface area (Å²) >= 11 is 1.50. The normalized spacial score (nSPS) is 22.6. The molecule has 0 bridgehead atoms. The van der Waals surface area contributed by atoms with Crippen molar-refractivity contribution in [1.29, 1.82) is 0 Å². The van der Waals surface area contributed by atoms with Gasteiger partial charge in [0.05, 0.1) is 11.2 Å². The first-order chi connectivity index (χ1) is 11.1. The van der Waals surface area contributed by atoms with Gasteiger partial charge in [-0.3, -0.25) is 0 Å². The van der Waals surface area contributed by atoms with Crippen molar-refractivity contribution in [3.05, 3.63) is 30.3 Å². The molecule has 1 aromatic heterocycles. The summed E-state index contributed by atoms with van der Waals surface area (Å²) in [5.74, 6) is 0.829. The maximum Gasteiger partial charge on any atom is 0.205 e. The molecule has 23 heavy (non-hydrogen) atoms. The van der Waals surface area contributed by atoms with Gasteiger partial charge >= 0.3 is 0 Å². The molecule has 0 amide bonds. The second-order valence-corrected chi connectivity index (χ2v) is 8.10. The molecule has 1 spiro atoms. The van der Waals surface area contributed by atoms with Crippen LogP contribution in [0.15, 0.2) is 30.3 Å². The molecule has 4 rings (SSSR count). The van der Waals surface area contributed by atoms with Crippen LogP contribution in [0, 0.1) is 0 Å². The van der Waals surface area contributed by atoms with Gasteiger partial charge in [-0.05, 0) is 26.7 Å². The molecule has 1 aliphatic carbocycles. The van der Waals surface area contributed by atoms with Gasteiger partial charge in [-0.1, -0.05) is 43.2 Å². The van der Waals surface area contributed by atoms with E-state index in [0.717, 1.165) is 42.5 Å². The van der Waals surface area contributed by atoms with Crippen molar-refractivity contribution in [1.82, 2.24) is 9.36 Å². The summed E-state index contributed by atoms with van der Waals surface area (Å²) in [6.45, 7) is 6.20. The van der Waals surface area contributed by atoms with Gasteiger partial charge in [0.15, 0.2) is 5.82 Å². The fourth-order valence-electron chi connectivity index (χ4n) is 3.98. The number of benzene rings is 1. The predicted molar refractivity (Wildman–Crippen MR) is 93.9 cm³/mol. The Morgan fingerprint density at radius 3 is 2.57 bits per heavy atom. The van der Waals surface area contributed by atoms with E-state index in [2.05, 4.69) is 35.3 Å². The standard InChI is InChI=1S/C18H23N3OS/c1-17(2)12-21(13-18(22-17)10-6-7-11-18)16-19-15(20-23-16)14-8-4-3-5-9-14/h3-5,8-9H,6-7,10-13H2,1-2H3. The molecule has 2 aromatic rings. The summed E-state index contributed by atoms with van der Waals surface area (Å²) < 4.78 is 11.1. The summed E-state index contributed by atoms with van der Waals surface area (Å²) in [7, 11) is 0. The van der Waals surface area contributed by atoms with E-state index in [1.807, 2.05) is 18.2 Å². The third-order valence-electron chi connectivity index (χ3n) is 4.78. The second-order valence-electron chi connectivity index (χ2n) is 7.37. The minimum absolute atomic E-state index is 0.0142. The lowest BCUT2D eigenvalue weighted by Crippen LogP contribution is -2.58. The Hall–Kier alpha value is -1.46. The molecule has 1 aliphatic heterocycles. The monoisotopic (exact) mass is 329 g/mol. The van der Waals surface area contributed by atoms with Crippen molar-refractivity contribution in [3.8, 4) is 11.4 Å². The third kappa shape index (κ3) is 3.00. The molecular formula is C18H23N3OS. The summed E-state index contributed by atoms with van der Waals surface area (Å²) in [5.41, 5.74) is 0.958. The summed E-state index contributed by atoms with van der Waals surface area (Å²) in [6.07, 6.45) is 4.87. The van der Waals surface area contributed by atoms with E-state index in [4.69, 9.17) is 9.72 Å². The highest BCUT2D eigenvalue weighted by atomic mass is 32.1. The van der Waals surface area contributed by atoms with Crippen molar-refractivity contribution in [3.63, 3.8) is 0 Å². The molecule has 0 radical (unpaired) electrons. The Kier molecular flexibility index (Phi) is 3.65. The smallest absolute Gasteiger partial charge is 0.205 e. The van der Waals surface area contributed by atoms with E-state index in [0.29, 0.717) is 0 Å². The number of hydrogen-bond donors (Lipinski definition) is 0. The number of hydrogen-bond acceptors (Lipinski definition) is 5. The zero-order chi connectivity index (χ0) is 15.9. The lowest BCUT2D eigenvalue weighted by Gasteiger charge is -2.48. The Morgan fingerprint density at radius 2 is 1.83 bits per heavy atom. The van der Waals surface area contributed by atoms with Crippen LogP contribution in [0.4, 0.5) is 5.13 Å². The van der Waals surface area contributed by atoms with E-state index in [1.165, 1.54) is 24.4 Å². The summed E-state index contributed by atoms with van der Waals surface area (Å²) in [4.78, 5) is 7.19. The average Bonchev–Trinajstić information content (AvgIpc) is 3.16. The van der Waals surface area contributed by atoms with Gasteiger partial charge in [-0.25, -0.2) is 0 Å². The first kappa shape index (κ1) is 15.1. The zero-order valence-corrected chi connectivity index (χ0v) is 14.6. The largest absolute Gasteiger partial charge is 0.365 e. The quantitative estimate of drug-likeness (QED) is 0.830. The van der Waals surface area contributed by atoms with E-state index in [1.54, 1.807) is 0 Å². The van der Waals surface area contributed by atoms with Crippen molar-refractivity contribution in [2.24, 2.45) is 0 Å². The number of anilines is 1. The van der Waals surface area contributed by atoms with E-state index < -0.39 is 0 Å². The molecule has 1 aromatic carbocycles. The second kappa shape index (κ2) is 5.56. The van der Waals surface area contributed by atoms with Crippen LogP contribution in [0.3, 0.4) is 0 Å². The molecule has 2 fully saturated rings. The van der Waals surface area contributed by atoms with Gasteiger partial charge < -0.3 is 9.64 Å². The maximum absolute atomic E-state index is 6.48. The lowest BCUT2D eigenvalue weighted by atomic mass is 9.94. The fraction of sp³-hybridized carbons (Fsp3) is 0.556. The van der Waals surface area contributed by atoms with Gasteiger partial charge in [0, 0.05) is 30.2 Å². The molecular weight excluding hydrogens is 306 g/mol. The zero-order valence-electron chi connectivity index (χ0n) is 13.8. The van der Waals surface area contributed by atoms with Gasteiger partial charge in [-0.15, -0.1) is 0 Å². The topological polar surface area (TPSA) is 38.2 Å². The van der Waals surface area contributed by atoms with Gasteiger partial charge in [0.1, 0.15) is 0 Å². The highest BCUT2D eigenvalue weighted by Crippen LogP contribution is 2.42. The third-order valence-corrected chi connectivity index (χ3v) is 5.55. The Morgan fingerprint density at radius 1 is 1.09 bits per heavy atom. The SMILES string of the molecule is CC1(C)CN(c2nc(-c3ccccc3)ns2)CC2(CCCC2)O1. The van der Waals surface area contributed by atoms with Crippen molar-refractivity contribution in [2.45, 2.75) is 50.7 Å². The lowest BCUT2D eigenvalue weighted by molar-refractivity contribution is -0.148. The number of ether oxygens (including phenoxy) is 1. The van der Waals surface area contributed by atoms with Gasteiger partial charge in [0.25, 0.3) is 0 Å². The van der Waals surface area contributed by atoms with Gasteiger partial charge in [-0.2, -0.15) is 9.36 Å². The number of morpholine rings is 1. The highest BCUT2D eigenvalue weighted by molar-refractivity contribution is 7.09. The van der Waals surface area contributed by atoms with Crippen LogP contribution in [0.1, 0.15) is 39.5 Å². The fourth-order valence-corrected chi connectivity index (χ4v) is 4.66. The first-order valence-electron chi connectivity index (χ1n) is 8.40. The molecule has 0 N–H and O–H groups in total. The first-order valence-corrected chi connectivity index (χ1v) is 9.17. The summed E-state index contributed by atoms with van der Waals surface area (Å²) in [5, 5.41) is 1.02. The van der Waals surface area contributed by atoms with E-state index in [9.17, 15) is 0 Å². The van der Waals surface area contributed by atoms with Crippen LogP contribution in [-0.2, 0) is 4.74 Å². The Balaban J connectivity index is 1.61. The molecule has 1 saturated heterocycles. The molecule has 2 heterocycles.